The number of carbonyl (C=O) groups excluding carboxylic acids is 1. The predicted octanol–water partition coefficient (Wildman–Crippen LogP) is 4.14. The predicted molar refractivity (Wildman–Crippen MR) is 98.2 cm³/mol. The van der Waals surface area contributed by atoms with Gasteiger partial charge in [0.05, 0.1) is 13.0 Å². The van der Waals surface area contributed by atoms with Crippen molar-refractivity contribution in [1.82, 2.24) is 4.90 Å². The van der Waals surface area contributed by atoms with E-state index in [0.717, 1.165) is 28.0 Å². The summed E-state index contributed by atoms with van der Waals surface area (Å²) in [5, 5.41) is 1.05. The molecule has 0 aliphatic carbocycles. The maximum absolute atomic E-state index is 12.9. The molecule has 4 rings (SSSR count). The lowest BCUT2D eigenvalue weighted by Gasteiger charge is -2.26. The van der Waals surface area contributed by atoms with Crippen LogP contribution in [-0.2, 0) is 17.8 Å². The monoisotopic (exact) mass is 351 g/mol. The van der Waals surface area contributed by atoms with Gasteiger partial charge in [-0.2, -0.15) is 0 Å². The van der Waals surface area contributed by atoms with Crippen LogP contribution in [0.1, 0.15) is 25.2 Å². The van der Waals surface area contributed by atoms with E-state index in [9.17, 15) is 4.79 Å². The number of rotatable bonds is 5. The first-order valence-electron chi connectivity index (χ1n) is 8.75. The third kappa shape index (κ3) is 3.25. The van der Waals surface area contributed by atoms with Gasteiger partial charge in [0.1, 0.15) is 11.3 Å². The molecule has 0 bridgehead atoms. The van der Waals surface area contributed by atoms with Crippen molar-refractivity contribution in [3.63, 3.8) is 0 Å². The van der Waals surface area contributed by atoms with Gasteiger partial charge in [-0.3, -0.25) is 4.79 Å². The number of fused-ring (bicyclic) bond motifs is 2. The normalized spacial score (nSPS) is 12.7. The van der Waals surface area contributed by atoms with E-state index in [1.807, 2.05) is 67.3 Å². The summed E-state index contributed by atoms with van der Waals surface area (Å²) in [4.78, 5) is 14.7. The van der Waals surface area contributed by atoms with Crippen LogP contribution < -0.4 is 9.47 Å². The van der Waals surface area contributed by atoms with Crippen LogP contribution in [-0.4, -0.2) is 23.6 Å². The molecule has 0 saturated carbocycles. The fourth-order valence-electron chi connectivity index (χ4n) is 3.17. The Labute approximate surface area is 152 Å². The van der Waals surface area contributed by atoms with Crippen LogP contribution in [0.3, 0.4) is 0 Å². The molecule has 3 aromatic rings. The number of benzene rings is 2. The average molecular weight is 351 g/mol. The Kier molecular flexibility index (Phi) is 4.29. The lowest BCUT2D eigenvalue weighted by Crippen LogP contribution is -2.37. The molecule has 0 unspecified atom stereocenters. The highest BCUT2D eigenvalue weighted by Crippen LogP contribution is 2.32. The van der Waals surface area contributed by atoms with E-state index in [2.05, 4.69) is 0 Å². The molecule has 2 aromatic carbocycles. The summed E-state index contributed by atoms with van der Waals surface area (Å²) < 4.78 is 16.6. The van der Waals surface area contributed by atoms with Crippen LogP contribution in [0.15, 0.2) is 52.9 Å². The molecule has 5 nitrogen and oxygen atoms in total. The van der Waals surface area contributed by atoms with Gasteiger partial charge in [-0.25, -0.2) is 0 Å². The second-order valence-electron chi connectivity index (χ2n) is 6.73. The number of furan rings is 1. The average Bonchev–Trinajstić information content (AvgIpc) is 3.24. The minimum absolute atomic E-state index is 0.0549. The molecule has 0 spiro atoms. The standard InChI is InChI=1S/C21H21NO4/c1-14(2)22(12-17-11-16-5-3-4-6-18(16)26-17)21(23)10-15-7-8-19-20(9-15)25-13-24-19/h3-9,11,14H,10,12-13H2,1-2H3. The van der Waals surface area contributed by atoms with E-state index in [1.54, 1.807) is 0 Å². The van der Waals surface area contributed by atoms with Gasteiger partial charge in [0.25, 0.3) is 0 Å². The highest BCUT2D eigenvalue weighted by molar-refractivity contribution is 5.80. The van der Waals surface area contributed by atoms with Crippen LogP contribution in [0.25, 0.3) is 11.0 Å². The molecular weight excluding hydrogens is 330 g/mol. The maximum Gasteiger partial charge on any atom is 0.231 e. The van der Waals surface area contributed by atoms with Gasteiger partial charge in [0.15, 0.2) is 11.5 Å². The number of carbonyl (C=O) groups is 1. The number of hydrogen-bond donors (Lipinski definition) is 0. The van der Waals surface area contributed by atoms with Crippen molar-refractivity contribution in [2.45, 2.75) is 32.9 Å². The first-order chi connectivity index (χ1) is 12.6. The van der Waals surface area contributed by atoms with Crippen molar-refractivity contribution >= 4 is 16.9 Å². The van der Waals surface area contributed by atoms with Crippen LogP contribution in [0.2, 0.25) is 0 Å². The van der Waals surface area contributed by atoms with Crippen molar-refractivity contribution in [1.29, 1.82) is 0 Å². The van der Waals surface area contributed by atoms with Crippen LogP contribution in [0.4, 0.5) is 0 Å². The number of amides is 1. The SMILES string of the molecule is CC(C)N(Cc1cc2ccccc2o1)C(=O)Cc1ccc2c(c1)OCO2. The highest BCUT2D eigenvalue weighted by Gasteiger charge is 2.21. The highest BCUT2D eigenvalue weighted by atomic mass is 16.7. The molecule has 2 heterocycles. The minimum atomic E-state index is 0.0549. The number of nitrogens with zero attached hydrogens (tertiary/aromatic N) is 1. The summed E-state index contributed by atoms with van der Waals surface area (Å²) in [5.41, 5.74) is 1.75. The molecular formula is C21H21NO4. The lowest BCUT2D eigenvalue weighted by atomic mass is 10.1. The van der Waals surface area contributed by atoms with Crippen LogP contribution in [0.5, 0.6) is 11.5 Å². The van der Waals surface area contributed by atoms with Crippen LogP contribution in [0, 0.1) is 0 Å². The zero-order valence-electron chi connectivity index (χ0n) is 14.9. The molecule has 134 valence electrons. The molecule has 0 radical (unpaired) electrons. The van der Waals surface area contributed by atoms with E-state index in [-0.39, 0.29) is 18.7 Å². The van der Waals surface area contributed by atoms with E-state index < -0.39 is 0 Å². The fraction of sp³-hybridized carbons (Fsp3) is 0.286. The summed E-state index contributed by atoms with van der Waals surface area (Å²) in [6.07, 6.45) is 0.315. The summed E-state index contributed by atoms with van der Waals surface area (Å²) in [7, 11) is 0. The molecule has 1 aliphatic heterocycles. The van der Waals surface area contributed by atoms with Gasteiger partial charge in [-0.1, -0.05) is 24.3 Å². The zero-order chi connectivity index (χ0) is 18.1. The Morgan fingerprint density at radius 2 is 1.88 bits per heavy atom. The summed E-state index contributed by atoms with van der Waals surface area (Å²) in [6.45, 7) is 4.72. The molecule has 1 aromatic heterocycles. The van der Waals surface area contributed by atoms with E-state index in [1.165, 1.54) is 0 Å². The number of para-hydroxylation sites is 1. The smallest absolute Gasteiger partial charge is 0.231 e. The minimum Gasteiger partial charge on any atom is -0.459 e. The third-order valence-corrected chi connectivity index (χ3v) is 4.54. The summed E-state index contributed by atoms with van der Waals surface area (Å²) in [6, 6.07) is 15.6. The first kappa shape index (κ1) is 16.5. The first-order valence-corrected chi connectivity index (χ1v) is 8.75. The summed E-state index contributed by atoms with van der Waals surface area (Å²) >= 11 is 0. The Morgan fingerprint density at radius 1 is 1.08 bits per heavy atom. The second-order valence-corrected chi connectivity index (χ2v) is 6.73. The molecule has 26 heavy (non-hydrogen) atoms. The Balaban J connectivity index is 1.51. The van der Waals surface area contributed by atoms with Gasteiger partial charge >= 0.3 is 0 Å². The zero-order valence-corrected chi connectivity index (χ0v) is 14.9. The van der Waals surface area contributed by atoms with E-state index >= 15 is 0 Å². The Morgan fingerprint density at radius 3 is 2.69 bits per heavy atom. The lowest BCUT2D eigenvalue weighted by molar-refractivity contribution is -0.133. The largest absolute Gasteiger partial charge is 0.459 e. The van der Waals surface area contributed by atoms with Gasteiger partial charge in [0, 0.05) is 11.4 Å². The molecule has 0 fully saturated rings. The van der Waals surface area contributed by atoms with Gasteiger partial charge < -0.3 is 18.8 Å². The fourth-order valence-corrected chi connectivity index (χ4v) is 3.17. The molecule has 1 amide bonds. The van der Waals surface area contributed by atoms with Crippen molar-refractivity contribution < 1.29 is 18.7 Å². The van der Waals surface area contributed by atoms with Crippen molar-refractivity contribution in [3.05, 3.63) is 59.9 Å². The Bertz CT molecular complexity index is 911. The van der Waals surface area contributed by atoms with E-state index in [0.29, 0.717) is 18.7 Å². The number of ether oxygens (including phenoxy) is 2. The van der Waals surface area contributed by atoms with Crippen molar-refractivity contribution in [2.24, 2.45) is 0 Å². The second kappa shape index (κ2) is 6.75. The third-order valence-electron chi connectivity index (χ3n) is 4.54. The van der Waals surface area contributed by atoms with Crippen LogP contribution >= 0.6 is 0 Å². The van der Waals surface area contributed by atoms with Gasteiger partial charge in [-0.15, -0.1) is 0 Å². The van der Waals surface area contributed by atoms with Crippen molar-refractivity contribution in [3.8, 4) is 11.5 Å². The topological polar surface area (TPSA) is 51.9 Å². The van der Waals surface area contributed by atoms with Crippen molar-refractivity contribution in [2.75, 3.05) is 6.79 Å². The van der Waals surface area contributed by atoms with Gasteiger partial charge in [0.2, 0.25) is 12.7 Å². The summed E-state index contributed by atoms with van der Waals surface area (Å²) in [5.74, 6) is 2.27. The molecule has 1 aliphatic rings. The molecule has 0 atom stereocenters. The maximum atomic E-state index is 12.9. The van der Waals surface area contributed by atoms with Gasteiger partial charge in [-0.05, 0) is 43.7 Å². The number of hydrogen-bond acceptors (Lipinski definition) is 4. The molecule has 0 N–H and O–H groups in total. The quantitative estimate of drug-likeness (QED) is 0.693. The van der Waals surface area contributed by atoms with E-state index in [4.69, 9.17) is 13.9 Å². The molecule has 0 saturated heterocycles. The Hall–Kier alpha value is -2.95. The molecule has 5 heteroatoms.